The first-order chi connectivity index (χ1) is 22.9. The monoisotopic (exact) mass is 632 g/mol. The zero-order valence-corrected chi connectivity index (χ0v) is 26.1. The van der Waals surface area contributed by atoms with Crippen LogP contribution in [0.25, 0.3) is 11.1 Å². The maximum absolute atomic E-state index is 11.2. The number of aliphatic imine (C=N–C) groups is 2. The van der Waals surface area contributed by atoms with Crippen LogP contribution in [-0.2, 0) is 13.2 Å². The van der Waals surface area contributed by atoms with Crippen LogP contribution in [0.3, 0.4) is 0 Å². The fourth-order valence-corrected chi connectivity index (χ4v) is 4.89. The lowest BCUT2D eigenvalue weighted by molar-refractivity contribution is 0.111. The van der Waals surface area contributed by atoms with Gasteiger partial charge in [-0.1, -0.05) is 12.1 Å². The van der Waals surface area contributed by atoms with E-state index in [4.69, 9.17) is 14.2 Å². The fourth-order valence-electron chi connectivity index (χ4n) is 4.89. The normalized spacial score (nSPS) is 13.3. The Morgan fingerprint density at radius 1 is 0.787 bits per heavy atom. The lowest BCUT2D eigenvalue weighted by atomic mass is 10.0. The summed E-state index contributed by atoms with van der Waals surface area (Å²) in [6, 6.07) is 10.3. The van der Waals surface area contributed by atoms with Crippen molar-refractivity contribution in [3.8, 4) is 17.4 Å². The number of carbonyl (C=O) groups is 2. The van der Waals surface area contributed by atoms with E-state index in [1.54, 1.807) is 18.5 Å². The molecule has 4 aromatic rings. The highest BCUT2D eigenvalue weighted by molar-refractivity contribution is 5.95. The van der Waals surface area contributed by atoms with Crippen LogP contribution in [0.1, 0.15) is 57.1 Å². The SMILES string of the molecule is CC1=C(c2ncccc2COc2c[nH]c(=O)cc2C=O)CN=C1.COc1cc(C=O)c(OCc2cccnc2C2=C(C)C=NC2)cn1. The molecule has 0 saturated heterocycles. The molecular weight excluding hydrogens is 600 g/mol. The molecule has 0 unspecified atom stereocenters. The third kappa shape index (κ3) is 7.79. The topological polar surface area (TPSA) is 158 Å². The van der Waals surface area contributed by atoms with Gasteiger partial charge >= 0.3 is 0 Å². The van der Waals surface area contributed by atoms with Crippen LogP contribution in [0.15, 0.2) is 87.1 Å². The minimum Gasteiger partial charge on any atom is -0.487 e. The van der Waals surface area contributed by atoms with Crippen molar-refractivity contribution in [1.29, 1.82) is 0 Å². The largest absolute Gasteiger partial charge is 0.487 e. The summed E-state index contributed by atoms with van der Waals surface area (Å²) < 4.78 is 16.5. The smallest absolute Gasteiger partial charge is 0.248 e. The highest BCUT2D eigenvalue weighted by Gasteiger charge is 2.17. The van der Waals surface area contributed by atoms with Crippen molar-refractivity contribution in [1.82, 2.24) is 19.9 Å². The molecule has 1 N–H and O–H groups in total. The number of aldehydes is 2. The van der Waals surface area contributed by atoms with Gasteiger partial charge in [-0.25, -0.2) is 4.98 Å². The summed E-state index contributed by atoms with van der Waals surface area (Å²) >= 11 is 0. The molecule has 4 aromatic heterocycles. The van der Waals surface area contributed by atoms with E-state index < -0.39 is 0 Å². The number of rotatable bonds is 11. The molecule has 6 heterocycles. The van der Waals surface area contributed by atoms with Crippen molar-refractivity contribution in [2.75, 3.05) is 20.2 Å². The van der Waals surface area contributed by atoms with Crippen molar-refractivity contribution in [3.05, 3.63) is 116 Å². The molecule has 6 rings (SSSR count). The first-order valence-electron chi connectivity index (χ1n) is 14.6. The third-order valence-electron chi connectivity index (χ3n) is 7.39. The number of nitrogens with zero attached hydrogens (tertiary/aromatic N) is 5. The van der Waals surface area contributed by atoms with E-state index in [0.717, 1.165) is 51.1 Å². The Kier molecular flexibility index (Phi) is 10.5. The van der Waals surface area contributed by atoms with Crippen LogP contribution in [0.4, 0.5) is 0 Å². The summed E-state index contributed by atoms with van der Waals surface area (Å²) in [5, 5.41) is 0. The van der Waals surface area contributed by atoms with Gasteiger partial charge < -0.3 is 19.2 Å². The molecule has 12 nitrogen and oxygen atoms in total. The number of carbonyl (C=O) groups excluding carboxylic acids is 2. The molecule has 12 heteroatoms. The summed E-state index contributed by atoms with van der Waals surface area (Å²) in [4.78, 5) is 57.5. The molecule has 2 aliphatic rings. The zero-order chi connectivity index (χ0) is 33.2. The second-order valence-corrected chi connectivity index (χ2v) is 10.5. The number of aromatic nitrogens is 4. The Balaban J connectivity index is 0.000000185. The Bertz CT molecular complexity index is 1980. The van der Waals surface area contributed by atoms with Gasteiger partial charge in [0, 0.05) is 65.4 Å². The van der Waals surface area contributed by atoms with Crippen LogP contribution in [0, 0.1) is 0 Å². The predicted molar refractivity (Wildman–Crippen MR) is 178 cm³/mol. The van der Waals surface area contributed by atoms with Crippen LogP contribution < -0.4 is 19.8 Å². The molecule has 0 spiro atoms. The molecular formula is C35H32N6O6. The van der Waals surface area contributed by atoms with Crippen molar-refractivity contribution in [2.45, 2.75) is 27.1 Å². The molecule has 2 aliphatic heterocycles. The summed E-state index contributed by atoms with van der Waals surface area (Å²) in [6.07, 6.45) is 11.4. The minimum absolute atomic E-state index is 0.221. The van der Waals surface area contributed by atoms with E-state index in [1.165, 1.54) is 25.6 Å². The van der Waals surface area contributed by atoms with Gasteiger partial charge in [-0.2, -0.15) is 0 Å². The maximum atomic E-state index is 11.2. The highest BCUT2D eigenvalue weighted by Crippen LogP contribution is 2.27. The third-order valence-corrected chi connectivity index (χ3v) is 7.39. The molecule has 47 heavy (non-hydrogen) atoms. The van der Waals surface area contributed by atoms with Gasteiger partial charge in [0.15, 0.2) is 12.6 Å². The van der Waals surface area contributed by atoms with Gasteiger partial charge in [-0.15, -0.1) is 0 Å². The van der Waals surface area contributed by atoms with Gasteiger partial charge in [0.05, 0.1) is 48.9 Å². The molecule has 0 aromatic carbocycles. The number of pyridine rings is 4. The number of H-pyrrole nitrogens is 1. The van der Waals surface area contributed by atoms with Gasteiger partial charge in [-0.3, -0.25) is 34.3 Å². The summed E-state index contributed by atoms with van der Waals surface area (Å²) in [5.74, 6) is 1.12. The number of hydrogen-bond acceptors (Lipinski definition) is 11. The van der Waals surface area contributed by atoms with Crippen LogP contribution in [0.2, 0.25) is 0 Å². The second kappa shape index (κ2) is 15.3. The predicted octanol–water partition coefficient (Wildman–Crippen LogP) is 4.75. The molecule has 0 radical (unpaired) electrons. The lowest BCUT2D eigenvalue weighted by Crippen LogP contribution is -2.09. The van der Waals surface area contributed by atoms with Crippen molar-refractivity contribution < 1.29 is 23.8 Å². The number of hydrogen-bond donors (Lipinski definition) is 1. The van der Waals surface area contributed by atoms with Crippen molar-refractivity contribution >= 4 is 36.1 Å². The Morgan fingerprint density at radius 2 is 1.34 bits per heavy atom. The molecule has 0 amide bonds. The molecule has 238 valence electrons. The van der Waals surface area contributed by atoms with Crippen LogP contribution in [-0.4, -0.2) is 65.1 Å². The van der Waals surface area contributed by atoms with Crippen LogP contribution >= 0.6 is 0 Å². The first kappa shape index (κ1) is 32.4. The van der Waals surface area contributed by atoms with E-state index in [-0.39, 0.29) is 24.3 Å². The first-order valence-corrected chi connectivity index (χ1v) is 14.6. The van der Waals surface area contributed by atoms with E-state index in [2.05, 4.69) is 29.9 Å². The maximum Gasteiger partial charge on any atom is 0.248 e. The number of methoxy groups -OCH3 is 1. The second-order valence-electron chi connectivity index (χ2n) is 10.5. The summed E-state index contributed by atoms with van der Waals surface area (Å²) in [5.41, 5.74) is 8.19. The van der Waals surface area contributed by atoms with E-state index in [1.807, 2.05) is 50.5 Å². The van der Waals surface area contributed by atoms with Gasteiger partial charge in [-0.05, 0) is 37.1 Å². The quantitative estimate of drug-likeness (QED) is 0.230. The summed E-state index contributed by atoms with van der Waals surface area (Å²) in [6.45, 7) is 5.77. The number of aromatic amines is 1. The van der Waals surface area contributed by atoms with Gasteiger partial charge in [0.2, 0.25) is 11.4 Å². The zero-order valence-electron chi connectivity index (χ0n) is 26.1. The number of allylic oxidation sites excluding steroid dienone is 2. The van der Waals surface area contributed by atoms with Crippen molar-refractivity contribution in [3.63, 3.8) is 0 Å². The minimum atomic E-state index is -0.342. The van der Waals surface area contributed by atoms with Gasteiger partial charge in [0.1, 0.15) is 24.7 Å². The molecule has 0 atom stereocenters. The van der Waals surface area contributed by atoms with E-state index >= 15 is 0 Å². The Labute approximate surface area is 270 Å². The number of nitrogens with one attached hydrogen (secondary N) is 1. The van der Waals surface area contributed by atoms with Crippen molar-refractivity contribution in [2.24, 2.45) is 9.98 Å². The number of ether oxygens (including phenoxy) is 3. The average Bonchev–Trinajstić information content (AvgIpc) is 3.74. The Hall–Kier alpha value is -6.04. The average molecular weight is 633 g/mol. The van der Waals surface area contributed by atoms with Gasteiger partial charge in [0.25, 0.3) is 0 Å². The highest BCUT2D eigenvalue weighted by atomic mass is 16.5. The molecule has 0 saturated carbocycles. The van der Waals surface area contributed by atoms with Crippen LogP contribution in [0.5, 0.6) is 17.4 Å². The standard InChI is InChI=1S/C18H17N3O3.C17H15N3O3/c1-12-7-19-8-15(12)18-13(4-3-5-20-18)11-24-16-9-21-17(23-2)6-14(16)10-22;1-11-6-18-7-14(11)17-12(3-2-4-19-17)10-23-15-8-20-16(22)5-13(15)9-21/h3-7,9-10H,8,11H2,1-2H3;2-6,8-9H,7,10H2,1H3,(H,20,22). The van der Waals surface area contributed by atoms with E-state index in [9.17, 15) is 14.4 Å². The molecule has 0 bridgehead atoms. The molecule has 0 aliphatic carbocycles. The molecule has 0 fully saturated rings. The lowest BCUT2D eigenvalue weighted by Gasteiger charge is -2.12. The fraction of sp³-hybridized carbons (Fsp3) is 0.200. The van der Waals surface area contributed by atoms with E-state index in [0.29, 0.717) is 42.3 Å². The summed E-state index contributed by atoms with van der Waals surface area (Å²) in [7, 11) is 1.50. The Morgan fingerprint density at radius 3 is 1.85 bits per heavy atom.